The van der Waals surface area contributed by atoms with Gasteiger partial charge in [-0.3, -0.25) is 9.36 Å². The maximum absolute atomic E-state index is 12.2. The average Bonchev–Trinajstić information content (AvgIpc) is 2.66. The maximum atomic E-state index is 12.2. The number of thiophene rings is 1. The highest BCUT2D eigenvalue weighted by atomic mass is 32.1. The van der Waals surface area contributed by atoms with Gasteiger partial charge >= 0.3 is 0 Å². The minimum Gasteiger partial charge on any atom is -0.316 e. The van der Waals surface area contributed by atoms with Crippen molar-refractivity contribution in [3.05, 3.63) is 39.8 Å². The lowest BCUT2D eigenvalue weighted by molar-refractivity contribution is 0.705. The molecule has 0 aliphatic rings. The Bertz CT molecular complexity index is 612. The summed E-state index contributed by atoms with van der Waals surface area (Å²) in [6.45, 7) is 7.10. The molecule has 0 atom stereocenters. The molecule has 0 saturated carbocycles. The van der Waals surface area contributed by atoms with Gasteiger partial charge in [0.2, 0.25) is 0 Å². The Morgan fingerprint density at radius 3 is 3.12 bits per heavy atom. The molecule has 4 nitrogen and oxygen atoms in total. The second-order valence-electron chi connectivity index (χ2n) is 4.05. The predicted molar refractivity (Wildman–Crippen MR) is 71.7 cm³/mol. The van der Waals surface area contributed by atoms with Gasteiger partial charge in [0.25, 0.3) is 5.56 Å². The van der Waals surface area contributed by atoms with E-state index >= 15 is 0 Å². The second-order valence-corrected chi connectivity index (χ2v) is 4.93. The zero-order valence-electron chi connectivity index (χ0n) is 9.99. The average molecular weight is 249 g/mol. The van der Waals surface area contributed by atoms with Crippen molar-refractivity contribution in [2.45, 2.75) is 13.5 Å². The summed E-state index contributed by atoms with van der Waals surface area (Å²) in [6, 6.07) is 0. The standard InChI is InChI=1S/C12H15N3OS/c1-8(4-13-3)5-15-7-14-10-9(2)6-17-11(10)12(15)16/h6-7,13H,1,4-5H2,2-3H3. The molecular weight excluding hydrogens is 234 g/mol. The van der Waals surface area contributed by atoms with E-state index in [2.05, 4.69) is 16.9 Å². The Hall–Kier alpha value is -1.46. The van der Waals surface area contributed by atoms with E-state index in [4.69, 9.17) is 0 Å². The van der Waals surface area contributed by atoms with Gasteiger partial charge in [0, 0.05) is 13.1 Å². The quantitative estimate of drug-likeness (QED) is 0.836. The molecule has 0 aromatic carbocycles. The van der Waals surface area contributed by atoms with E-state index in [-0.39, 0.29) is 5.56 Å². The third-order valence-electron chi connectivity index (χ3n) is 2.54. The summed E-state index contributed by atoms with van der Waals surface area (Å²) < 4.78 is 2.33. The van der Waals surface area contributed by atoms with Crippen molar-refractivity contribution in [2.24, 2.45) is 0 Å². The van der Waals surface area contributed by atoms with Crippen LogP contribution in [0.5, 0.6) is 0 Å². The molecule has 2 aromatic heterocycles. The van der Waals surface area contributed by atoms with Crippen LogP contribution in [0.25, 0.3) is 10.2 Å². The smallest absolute Gasteiger partial charge is 0.271 e. The lowest BCUT2D eigenvalue weighted by Crippen LogP contribution is -2.23. The number of likely N-dealkylation sites (N-methyl/N-ethyl adjacent to an activating group) is 1. The first kappa shape index (κ1) is 12.0. The van der Waals surface area contributed by atoms with Crippen molar-refractivity contribution >= 4 is 21.6 Å². The molecule has 0 radical (unpaired) electrons. The molecule has 0 unspecified atom stereocenters. The summed E-state index contributed by atoms with van der Waals surface area (Å²) in [4.78, 5) is 16.5. The number of nitrogens with one attached hydrogen (secondary N) is 1. The van der Waals surface area contributed by atoms with Crippen molar-refractivity contribution in [1.29, 1.82) is 0 Å². The van der Waals surface area contributed by atoms with Crippen molar-refractivity contribution in [3.63, 3.8) is 0 Å². The first-order valence-electron chi connectivity index (χ1n) is 5.38. The van der Waals surface area contributed by atoms with Gasteiger partial charge in [0.1, 0.15) is 4.70 Å². The molecule has 0 aliphatic carbocycles. The summed E-state index contributed by atoms with van der Waals surface area (Å²) in [7, 11) is 1.86. The van der Waals surface area contributed by atoms with Gasteiger partial charge in [-0.15, -0.1) is 11.3 Å². The van der Waals surface area contributed by atoms with Crippen LogP contribution < -0.4 is 10.9 Å². The molecule has 0 bridgehead atoms. The summed E-state index contributed by atoms with van der Waals surface area (Å²) in [5.74, 6) is 0. The van der Waals surface area contributed by atoms with Crippen molar-refractivity contribution in [2.75, 3.05) is 13.6 Å². The van der Waals surface area contributed by atoms with Crippen LogP contribution in [0.15, 0.2) is 28.7 Å². The van der Waals surface area contributed by atoms with E-state index < -0.39 is 0 Å². The fourth-order valence-corrected chi connectivity index (χ4v) is 2.67. The number of hydrogen-bond donors (Lipinski definition) is 1. The molecule has 2 heterocycles. The van der Waals surface area contributed by atoms with Gasteiger partial charge in [0.05, 0.1) is 11.8 Å². The van der Waals surface area contributed by atoms with Gasteiger partial charge in [-0.05, 0) is 30.5 Å². The summed E-state index contributed by atoms with van der Waals surface area (Å²) in [6.07, 6.45) is 1.60. The molecule has 1 N–H and O–H groups in total. The van der Waals surface area contributed by atoms with Gasteiger partial charge in [-0.1, -0.05) is 6.58 Å². The van der Waals surface area contributed by atoms with Crippen molar-refractivity contribution in [3.8, 4) is 0 Å². The molecule has 5 heteroatoms. The highest BCUT2D eigenvalue weighted by molar-refractivity contribution is 7.17. The first-order valence-corrected chi connectivity index (χ1v) is 6.26. The van der Waals surface area contributed by atoms with Crippen LogP contribution >= 0.6 is 11.3 Å². The number of nitrogens with zero attached hydrogens (tertiary/aromatic N) is 2. The first-order chi connectivity index (χ1) is 8.13. The minimum absolute atomic E-state index is 0.0188. The van der Waals surface area contributed by atoms with Gasteiger partial charge in [0.15, 0.2) is 0 Å². The van der Waals surface area contributed by atoms with E-state index in [1.54, 1.807) is 10.9 Å². The van der Waals surface area contributed by atoms with Crippen molar-refractivity contribution in [1.82, 2.24) is 14.9 Å². The molecule has 90 valence electrons. The third-order valence-corrected chi connectivity index (χ3v) is 3.62. The van der Waals surface area contributed by atoms with Crippen LogP contribution in [0.2, 0.25) is 0 Å². The van der Waals surface area contributed by atoms with Gasteiger partial charge in [-0.2, -0.15) is 0 Å². The topological polar surface area (TPSA) is 46.9 Å². The van der Waals surface area contributed by atoms with Crippen LogP contribution in [-0.4, -0.2) is 23.1 Å². The van der Waals surface area contributed by atoms with Crippen LogP contribution in [-0.2, 0) is 6.54 Å². The normalized spacial score (nSPS) is 10.9. The third kappa shape index (κ3) is 2.30. The highest BCUT2D eigenvalue weighted by Crippen LogP contribution is 2.19. The molecular formula is C12H15N3OS. The second kappa shape index (κ2) is 4.81. The maximum Gasteiger partial charge on any atom is 0.271 e. The van der Waals surface area contributed by atoms with Gasteiger partial charge < -0.3 is 5.32 Å². The van der Waals surface area contributed by atoms with Crippen molar-refractivity contribution < 1.29 is 0 Å². The zero-order valence-corrected chi connectivity index (χ0v) is 10.8. The summed E-state index contributed by atoms with van der Waals surface area (Å²) in [5.41, 5.74) is 2.85. The van der Waals surface area contributed by atoms with Gasteiger partial charge in [-0.25, -0.2) is 4.98 Å². The van der Waals surface area contributed by atoms with Crippen LogP contribution in [0.4, 0.5) is 0 Å². The van der Waals surface area contributed by atoms with Crippen LogP contribution in [0.1, 0.15) is 5.56 Å². The summed E-state index contributed by atoms with van der Waals surface area (Å²) >= 11 is 1.45. The number of rotatable bonds is 4. The Labute approximate surface area is 104 Å². The Morgan fingerprint density at radius 2 is 2.41 bits per heavy atom. The predicted octanol–water partition coefficient (Wildman–Crippen LogP) is 1.54. The molecule has 0 fully saturated rings. The molecule has 0 saturated heterocycles. The fraction of sp³-hybridized carbons (Fsp3) is 0.333. The molecule has 0 spiro atoms. The molecule has 2 aromatic rings. The molecule has 0 amide bonds. The zero-order chi connectivity index (χ0) is 12.4. The number of aromatic nitrogens is 2. The monoisotopic (exact) mass is 249 g/mol. The molecule has 0 aliphatic heterocycles. The SMILES string of the molecule is C=C(CNC)Cn1cnc2c(C)csc2c1=O. The highest BCUT2D eigenvalue weighted by Gasteiger charge is 2.08. The lowest BCUT2D eigenvalue weighted by Gasteiger charge is -2.07. The number of hydrogen-bond acceptors (Lipinski definition) is 4. The Morgan fingerprint density at radius 1 is 1.65 bits per heavy atom. The number of aryl methyl sites for hydroxylation is 1. The van der Waals surface area contributed by atoms with Crippen LogP contribution in [0.3, 0.4) is 0 Å². The van der Waals surface area contributed by atoms with E-state index in [0.29, 0.717) is 13.1 Å². The molecule has 2 rings (SSSR count). The number of fused-ring (bicyclic) bond motifs is 1. The Balaban J connectivity index is 2.40. The minimum atomic E-state index is 0.0188. The van der Waals surface area contributed by atoms with E-state index in [1.807, 2.05) is 19.4 Å². The summed E-state index contributed by atoms with van der Waals surface area (Å²) in [5, 5.41) is 4.98. The van der Waals surface area contributed by atoms with E-state index in [9.17, 15) is 4.79 Å². The Kier molecular flexibility index (Phi) is 3.40. The fourth-order valence-electron chi connectivity index (χ4n) is 1.72. The van der Waals surface area contributed by atoms with Crippen LogP contribution in [0, 0.1) is 6.92 Å². The lowest BCUT2D eigenvalue weighted by atomic mass is 10.3. The van der Waals surface area contributed by atoms with E-state index in [1.165, 1.54) is 11.3 Å². The molecule has 17 heavy (non-hydrogen) atoms. The largest absolute Gasteiger partial charge is 0.316 e. The van der Waals surface area contributed by atoms with E-state index in [0.717, 1.165) is 21.4 Å².